The smallest absolute Gasteiger partial charge is 0.417 e. The molecule has 0 amide bonds. The number of para-hydroxylation sites is 1. The van der Waals surface area contributed by atoms with E-state index >= 15 is 0 Å². The Morgan fingerprint density at radius 2 is 2.00 bits per heavy atom. The van der Waals surface area contributed by atoms with E-state index in [0.29, 0.717) is 12.4 Å². The summed E-state index contributed by atoms with van der Waals surface area (Å²) in [6.07, 6.45) is 0. The Morgan fingerprint density at radius 3 is 2.17 bits per heavy atom. The number of carbonyl (C=O) groups excluding carboxylic acids is 1. The first-order valence-electron chi connectivity index (χ1n) is 3.54. The third kappa shape index (κ3) is 6.61. The highest BCUT2D eigenvalue weighted by molar-refractivity contribution is 5.37. The van der Waals surface area contributed by atoms with E-state index in [0.717, 1.165) is 0 Å². The van der Waals surface area contributed by atoms with Gasteiger partial charge in [0.2, 0.25) is 0 Å². The molecule has 0 bridgehead atoms. The number of ether oxygens (including phenoxy) is 1. The summed E-state index contributed by atoms with van der Waals surface area (Å²) in [6.45, 7) is 3.41. The third-order valence-electron chi connectivity index (χ3n) is 0.959. The summed E-state index contributed by atoms with van der Waals surface area (Å²) in [5, 5.41) is 8.63. The first-order valence-corrected chi connectivity index (χ1v) is 3.54. The van der Waals surface area contributed by atoms with Crippen molar-refractivity contribution in [2.24, 2.45) is 0 Å². The highest BCUT2D eigenvalue weighted by atomic mass is 16.5. The normalized spacial score (nSPS) is 7.75. The average Bonchev–Trinajstić information content (AvgIpc) is 2.08. The van der Waals surface area contributed by atoms with Gasteiger partial charge in [0.15, 0.2) is 0 Å². The third-order valence-corrected chi connectivity index (χ3v) is 0.959. The predicted octanol–water partition coefficient (Wildman–Crippen LogP) is 1.48. The molecule has 3 nitrogen and oxygen atoms in total. The molecule has 0 aliphatic heterocycles. The second kappa shape index (κ2) is 7.60. The van der Waals surface area contributed by atoms with Gasteiger partial charge in [0.25, 0.3) is 0 Å². The summed E-state index contributed by atoms with van der Waals surface area (Å²) in [5.41, 5.74) is 0. The lowest BCUT2D eigenvalue weighted by Gasteiger charge is -1.82. The highest BCUT2D eigenvalue weighted by Crippen LogP contribution is 2.02. The second-order valence-corrected chi connectivity index (χ2v) is 1.85. The SMILES string of the molecule is CCO[C]=O.Oc1ccccc1. The van der Waals surface area contributed by atoms with E-state index < -0.39 is 0 Å². The molecule has 0 aliphatic carbocycles. The Labute approximate surface area is 71.6 Å². The molecule has 1 aromatic rings. The van der Waals surface area contributed by atoms with Crippen molar-refractivity contribution in [3.8, 4) is 5.75 Å². The molecule has 0 heterocycles. The van der Waals surface area contributed by atoms with Crippen molar-refractivity contribution < 1.29 is 14.6 Å². The molecule has 12 heavy (non-hydrogen) atoms. The number of phenols is 1. The fourth-order valence-electron chi connectivity index (χ4n) is 0.487. The summed E-state index contributed by atoms with van der Waals surface area (Å²) >= 11 is 0. The van der Waals surface area contributed by atoms with Gasteiger partial charge in [-0.3, -0.25) is 0 Å². The molecule has 0 aromatic heterocycles. The fraction of sp³-hybridized carbons (Fsp3) is 0.222. The maximum atomic E-state index is 9.06. The van der Waals surface area contributed by atoms with Crippen LogP contribution in [0.25, 0.3) is 0 Å². The monoisotopic (exact) mass is 167 g/mol. The maximum absolute atomic E-state index is 9.06. The minimum Gasteiger partial charge on any atom is -0.508 e. The summed E-state index contributed by atoms with van der Waals surface area (Å²) in [7, 11) is 0. The van der Waals surface area contributed by atoms with E-state index in [1.807, 2.05) is 6.07 Å². The number of hydrogen-bond acceptors (Lipinski definition) is 3. The van der Waals surface area contributed by atoms with Gasteiger partial charge in [0.05, 0.1) is 6.61 Å². The number of benzene rings is 1. The molecule has 3 heteroatoms. The van der Waals surface area contributed by atoms with Gasteiger partial charge in [-0.1, -0.05) is 18.2 Å². The van der Waals surface area contributed by atoms with Crippen LogP contribution in [0, 0.1) is 0 Å². The largest absolute Gasteiger partial charge is 0.508 e. The van der Waals surface area contributed by atoms with Gasteiger partial charge < -0.3 is 9.84 Å². The Bertz CT molecular complexity index is 196. The van der Waals surface area contributed by atoms with Crippen molar-refractivity contribution in [1.82, 2.24) is 0 Å². The summed E-state index contributed by atoms with van der Waals surface area (Å²) in [4.78, 5) is 9.06. The van der Waals surface area contributed by atoms with Crippen molar-refractivity contribution >= 4 is 6.47 Å². The van der Waals surface area contributed by atoms with Gasteiger partial charge in [-0.25, -0.2) is 4.79 Å². The Hall–Kier alpha value is -1.51. The minimum absolute atomic E-state index is 0.322. The first-order chi connectivity index (χ1) is 5.81. The van der Waals surface area contributed by atoms with Crippen LogP contribution >= 0.6 is 0 Å². The van der Waals surface area contributed by atoms with Crippen molar-refractivity contribution in [2.75, 3.05) is 6.61 Å². The molecule has 0 spiro atoms. The van der Waals surface area contributed by atoms with Crippen LogP contribution in [0.5, 0.6) is 5.75 Å². The molecule has 0 fully saturated rings. The van der Waals surface area contributed by atoms with E-state index in [9.17, 15) is 0 Å². The molecule has 0 saturated carbocycles. The minimum atomic E-state index is 0.322. The van der Waals surface area contributed by atoms with Gasteiger partial charge in [0.1, 0.15) is 5.75 Å². The lowest BCUT2D eigenvalue weighted by Crippen LogP contribution is -1.80. The van der Waals surface area contributed by atoms with Gasteiger partial charge in [-0.05, 0) is 19.1 Å². The Morgan fingerprint density at radius 1 is 1.42 bits per heavy atom. The van der Waals surface area contributed by atoms with E-state index in [4.69, 9.17) is 9.90 Å². The van der Waals surface area contributed by atoms with E-state index in [-0.39, 0.29) is 0 Å². The maximum Gasteiger partial charge on any atom is 0.417 e. The molecule has 0 atom stereocenters. The van der Waals surface area contributed by atoms with Crippen molar-refractivity contribution in [2.45, 2.75) is 6.92 Å². The Kier molecular flexibility index (Phi) is 6.64. The molecular weight excluding hydrogens is 156 g/mol. The van der Waals surface area contributed by atoms with Crippen LogP contribution in [0.15, 0.2) is 30.3 Å². The van der Waals surface area contributed by atoms with Crippen molar-refractivity contribution in [3.63, 3.8) is 0 Å². The van der Waals surface area contributed by atoms with E-state index in [1.165, 1.54) is 6.47 Å². The van der Waals surface area contributed by atoms with Crippen LogP contribution in [0.4, 0.5) is 0 Å². The highest BCUT2D eigenvalue weighted by Gasteiger charge is 1.74. The lowest BCUT2D eigenvalue weighted by molar-refractivity contribution is 0.296. The van der Waals surface area contributed by atoms with Crippen LogP contribution < -0.4 is 0 Å². The van der Waals surface area contributed by atoms with Crippen molar-refractivity contribution in [3.05, 3.63) is 30.3 Å². The van der Waals surface area contributed by atoms with E-state index in [1.54, 1.807) is 31.2 Å². The number of rotatable bonds is 2. The zero-order chi connectivity index (χ0) is 9.23. The molecule has 1 radical (unpaired) electrons. The molecule has 1 aromatic carbocycles. The number of aromatic hydroxyl groups is 1. The molecule has 0 saturated heterocycles. The Balaban J connectivity index is 0.000000217. The summed E-state index contributed by atoms with van der Waals surface area (Å²) in [5.74, 6) is 0.322. The standard InChI is InChI=1S/C6H6O.C3H5O2/c7-6-4-2-1-3-5-6;1-2-5-3-4/h1-5,7H;2H2,1H3. The fourth-order valence-corrected chi connectivity index (χ4v) is 0.487. The van der Waals surface area contributed by atoms with Gasteiger partial charge in [-0.15, -0.1) is 0 Å². The van der Waals surface area contributed by atoms with Gasteiger partial charge in [0, 0.05) is 0 Å². The van der Waals surface area contributed by atoms with Crippen LogP contribution in [-0.4, -0.2) is 18.2 Å². The molecule has 0 aliphatic rings. The molecule has 0 unspecified atom stereocenters. The predicted molar refractivity (Wildman–Crippen MR) is 45.4 cm³/mol. The van der Waals surface area contributed by atoms with Crippen molar-refractivity contribution in [1.29, 1.82) is 0 Å². The van der Waals surface area contributed by atoms with Crippen LogP contribution in [0.2, 0.25) is 0 Å². The van der Waals surface area contributed by atoms with E-state index in [2.05, 4.69) is 4.74 Å². The lowest BCUT2D eigenvalue weighted by atomic mass is 10.3. The van der Waals surface area contributed by atoms with Gasteiger partial charge in [-0.2, -0.15) is 0 Å². The number of phenolic OH excluding ortho intramolecular Hbond substituents is 1. The zero-order valence-electron chi connectivity index (χ0n) is 6.86. The molecule has 1 rings (SSSR count). The van der Waals surface area contributed by atoms with Crippen LogP contribution in [0.1, 0.15) is 6.92 Å². The molecule has 1 N–H and O–H groups in total. The number of hydrogen-bond donors (Lipinski definition) is 1. The average molecular weight is 167 g/mol. The summed E-state index contributed by atoms with van der Waals surface area (Å²) in [6, 6.07) is 8.71. The second-order valence-electron chi connectivity index (χ2n) is 1.85. The topological polar surface area (TPSA) is 46.5 Å². The van der Waals surface area contributed by atoms with Crippen LogP contribution in [0.3, 0.4) is 0 Å². The molecule has 65 valence electrons. The zero-order valence-corrected chi connectivity index (χ0v) is 6.86. The quantitative estimate of drug-likeness (QED) is 0.725. The first kappa shape index (κ1) is 10.5. The van der Waals surface area contributed by atoms with Crippen LogP contribution in [-0.2, 0) is 9.53 Å². The van der Waals surface area contributed by atoms with Gasteiger partial charge >= 0.3 is 6.47 Å². The summed E-state index contributed by atoms with van der Waals surface area (Å²) < 4.78 is 4.03. The molecular formula is C9H11O3.